The zero-order chi connectivity index (χ0) is 19.4. The Labute approximate surface area is 158 Å². The molecule has 2 aromatic carbocycles. The Kier molecular flexibility index (Phi) is 5.55. The first kappa shape index (κ1) is 19.0. The van der Waals surface area contributed by atoms with E-state index >= 15 is 0 Å². The molecule has 0 aliphatic rings. The zero-order valence-electron chi connectivity index (χ0n) is 14.3. The Morgan fingerprint density at radius 2 is 1.78 bits per heavy atom. The number of aryl methyl sites for hydroxylation is 1. The average molecular weight is 391 g/mol. The molecule has 3 aromatic rings. The smallest absolute Gasteiger partial charge is 0.338 e. The van der Waals surface area contributed by atoms with E-state index in [4.69, 9.17) is 0 Å². The standard InChI is InChI=1S/C19H16F3N3OS/c1-25-12-11-23-17(25)16(13-5-3-2-4-6-13)24-18(26)14-7-9-15(10-8-14)27-19(20,21)22/h2-12,16H,1H3,(H,24,26). The summed E-state index contributed by atoms with van der Waals surface area (Å²) in [4.78, 5) is 17.0. The summed E-state index contributed by atoms with van der Waals surface area (Å²) in [5, 5.41) is 2.91. The third kappa shape index (κ3) is 4.91. The van der Waals surface area contributed by atoms with Gasteiger partial charge >= 0.3 is 5.51 Å². The van der Waals surface area contributed by atoms with E-state index in [2.05, 4.69) is 10.3 Å². The van der Waals surface area contributed by atoms with E-state index in [-0.39, 0.29) is 22.2 Å². The van der Waals surface area contributed by atoms with Crippen molar-refractivity contribution < 1.29 is 18.0 Å². The first-order valence-electron chi connectivity index (χ1n) is 8.02. The molecule has 0 aliphatic carbocycles. The summed E-state index contributed by atoms with van der Waals surface area (Å²) in [7, 11) is 1.83. The topological polar surface area (TPSA) is 46.9 Å². The van der Waals surface area contributed by atoms with Crippen molar-refractivity contribution in [3.63, 3.8) is 0 Å². The molecule has 4 nitrogen and oxygen atoms in total. The van der Waals surface area contributed by atoms with E-state index in [1.54, 1.807) is 17.0 Å². The summed E-state index contributed by atoms with van der Waals surface area (Å²) >= 11 is -0.213. The lowest BCUT2D eigenvalue weighted by Crippen LogP contribution is -2.31. The van der Waals surface area contributed by atoms with Gasteiger partial charge < -0.3 is 9.88 Å². The van der Waals surface area contributed by atoms with Crippen LogP contribution in [0, 0.1) is 0 Å². The number of benzene rings is 2. The molecule has 8 heteroatoms. The van der Waals surface area contributed by atoms with Crippen molar-refractivity contribution in [2.24, 2.45) is 7.05 Å². The fourth-order valence-corrected chi connectivity index (χ4v) is 3.16. The van der Waals surface area contributed by atoms with Gasteiger partial charge in [-0.25, -0.2) is 4.98 Å². The summed E-state index contributed by atoms with van der Waals surface area (Å²) in [6.07, 6.45) is 3.42. The van der Waals surface area contributed by atoms with Gasteiger partial charge in [-0.1, -0.05) is 30.3 Å². The second-order valence-electron chi connectivity index (χ2n) is 5.79. The number of rotatable bonds is 5. The number of carbonyl (C=O) groups excluding carboxylic acids is 1. The molecule has 1 aromatic heterocycles. The minimum absolute atomic E-state index is 0.0303. The van der Waals surface area contributed by atoms with Crippen molar-refractivity contribution >= 4 is 17.7 Å². The molecule has 1 amide bonds. The van der Waals surface area contributed by atoms with Crippen LogP contribution in [0.2, 0.25) is 0 Å². The largest absolute Gasteiger partial charge is 0.446 e. The van der Waals surface area contributed by atoms with Gasteiger partial charge in [0.2, 0.25) is 0 Å². The number of alkyl halides is 3. The number of halogens is 3. The Hall–Kier alpha value is -2.74. The molecule has 1 heterocycles. The zero-order valence-corrected chi connectivity index (χ0v) is 15.1. The van der Waals surface area contributed by atoms with Crippen LogP contribution < -0.4 is 5.32 Å². The van der Waals surface area contributed by atoms with Gasteiger partial charge in [-0.15, -0.1) is 0 Å². The number of hydrogen-bond acceptors (Lipinski definition) is 3. The Bertz CT molecular complexity index is 908. The van der Waals surface area contributed by atoms with Crippen molar-refractivity contribution in [2.75, 3.05) is 0 Å². The second-order valence-corrected chi connectivity index (χ2v) is 6.92. The molecule has 0 saturated carbocycles. The lowest BCUT2D eigenvalue weighted by Gasteiger charge is -2.19. The van der Waals surface area contributed by atoms with E-state index in [9.17, 15) is 18.0 Å². The van der Waals surface area contributed by atoms with Gasteiger partial charge in [0.25, 0.3) is 5.91 Å². The van der Waals surface area contributed by atoms with Crippen molar-refractivity contribution in [2.45, 2.75) is 16.4 Å². The van der Waals surface area contributed by atoms with Crippen LogP contribution in [0.3, 0.4) is 0 Å². The molecule has 3 rings (SSSR count). The quantitative estimate of drug-likeness (QED) is 0.649. The van der Waals surface area contributed by atoms with Crippen LogP contribution >= 0.6 is 11.8 Å². The van der Waals surface area contributed by atoms with Crippen LogP contribution in [0.4, 0.5) is 13.2 Å². The monoisotopic (exact) mass is 391 g/mol. The third-order valence-corrected chi connectivity index (χ3v) is 4.61. The number of aromatic nitrogens is 2. The Morgan fingerprint density at radius 1 is 1.11 bits per heavy atom. The molecule has 0 spiro atoms. The number of carbonyl (C=O) groups is 1. The summed E-state index contributed by atoms with van der Waals surface area (Å²) in [5.41, 5.74) is -3.23. The number of thioether (sulfide) groups is 1. The molecule has 1 unspecified atom stereocenters. The van der Waals surface area contributed by atoms with Gasteiger partial charge in [0.05, 0.1) is 0 Å². The van der Waals surface area contributed by atoms with Crippen LogP contribution in [0.1, 0.15) is 27.8 Å². The number of nitrogens with zero attached hydrogens (tertiary/aromatic N) is 2. The number of nitrogens with one attached hydrogen (secondary N) is 1. The summed E-state index contributed by atoms with van der Waals surface area (Å²) in [6.45, 7) is 0. The van der Waals surface area contributed by atoms with Gasteiger partial charge in [-0.3, -0.25) is 4.79 Å². The van der Waals surface area contributed by atoms with Crippen molar-refractivity contribution in [3.8, 4) is 0 Å². The van der Waals surface area contributed by atoms with Gasteiger partial charge in [0.15, 0.2) is 0 Å². The van der Waals surface area contributed by atoms with Crippen LogP contribution in [0.15, 0.2) is 71.9 Å². The number of amides is 1. The molecular formula is C19H16F3N3OS. The second kappa shape index (κ2) is 7.87. The highest BCUT2D eigenvalue weighted by molar-refractivity contribution is 8.00. The van der Waals surface area contributed by atoms with Crippen LogP contribution in [-0.4, -0.2) is 21.0 Å². The van der Waals surface area contributed by atoms with E-state index < -0.39 is 17.5 Å². The van der Waals surface area contributed by atoms with Gasteiger partial charge in [0, 0.05) is 29.9 Å². The van der Waals surface area contributed by atoms with Gasteiger partial charge in [-0.05, 0) is 41.6 Å². The van der Waals surface area contributed by atoms with E-state index in [0.717, 1.165) is 5.56 Å². The fraction of sp³-hybridized carbons (Fsp3) is 0.158. The molecular weight excluding hydrogens is 375 g/mol. The Morgan fingerprint density at radius 3 is 2.33 bits per heavy atom. The SMILES string of the molecule is Cn1ccnc1C(NC(=O)c1ccc(SC(F)(F)F)cc1)c1ccccc1. The molecule has 1 N–H and O–H groups in total. The molecule has 0 fully saturated rings. The van der Waals surface area contributed by atoms with Gasteiger partial charge in [0.1, 0.15) is 11.9 Å². The van der Waals surface area contributed by atoms with E-state index in [1.807, 2.05) is 37.4 Å². The highest BCUT2D eigenvalue weighted by Crippen LogP contribution is 2.36. The highest BCUT2D eigenvalue weighted by Gasteiger charge is 2.29. The van der Waals surface area contributed by atoms with E-state index in [0.29, 0.717) is 5.82 Å². The predicted octanol–water partition coefficient (Wildman–Crippen LogP) is 4.55. The molecule has 0 saturated heterocycles. The average Bonchev–Trinajstić information content (AvgIpc) is 3.05. The number of imidazole rings is 1. The van der Waals surface area contributed by atoms with Crippen molar-refractivity contribution in [3.05, 3.63) is 83.9 Å². The maximum Gasteiger partial charge on any atom is 0.446 e. The van der Waals surface area contributed by atoms with Crippen molar-refractivity contribution in [1.29, 1.82) is 0 Å². The molecule has 1 atom stereocenters. The van der Waals surface area contributed by atoms with Crippen LogP contribution in [0.25, 0.3) is 0 Å². The lowest BCUT2D eigenvalue weighted by molar-refractivity contribution is -0.0328. The predicted molar refractivity (Wildman–Crippen MR) is 97.3 cm³/mol. The Balaban J connectivity index is 1.82. The normalized spacial score (nSPS) is 12.6. The molecule has 0 aliphatic heterocycles. The van der Waals surface area contributed by atoms with E-state index in [1.165, 1.54) is 24.3 Å². The molecule has 140 valence electrons. The lowest BCUT2D eigenvalue weighted by atomic mass is 10.1. The molecule has 27 heavy (non-hydrogen) atoms. The third-order valence-electron chi connectivity index (χ3n) is 3.88. The maximum absolute atomic E-state index is 12.7. The number of hydrogen-bond donors (Lipinski definition) is 1. The minimum Gasteiger partial charge on any atom is -0.338 e. The summed E-state index contributed by atoms with van der Waals surface area (Å²) < 4.78 is 39.1. The molecule has 0 bridgehead atoms. The summed E-state index contributed by atoms with van der Waals surface area (Å²) in [6, 6.07) is 14.2. The first-order valence-corrected chi connectivity index (χ1v) is 8.84. The minimum atomic E-state index is -4.36. The fourth-order valence-electron chi connectivity index (χ4n) is 2.62. The summed E-state index contributed by atoms with van der Waals surface area (Å²) in [5.74, 6) is 0.259. The maximum atomic E-state index is 12.7. The van der Waals surface area contributed by atoms with Crippen LogP contribution in [-0.2, 0) is 7.05 Å². The first-order chi connectivity index (χ1) is 12.8. The van der Waals surface area contributed by atoms with Crippen LogP contribution in [0.5, 0.6) is 0 Å². The van der Waals surface area contributed by atoms with Gasteiger partial charge in [-0.2, -0.15) is 13.2 Å². The highest BCUT2D eigenvalue weighted by atomic mass is 32.2. The molecule has 0 radical (unpaired) electrons. The van der Waals surface area contributed by atoms with Crippen molar-refractivity contribution in [1.82, 2.24) is 14.9 Å².